The number of rotatable bonds is 3. The Morgan fingerprint density at radius 3 is 2.60 bits per heavy atom. The van der Waals surface area contributed by atoms with E-state index >= 15 is 0 Å². The highest BCUT2D eigenvalue weighted by Gasteiger charge is 2.35. The highest BCUT2D eigenvalue weighted by atomic mass is 35.5. The van der Waals surface area contributed by atoms with Gasteiger partial charge in [-0.05, 0) is 5.56 Å². The van der Waals surface area contributed by atoms with E-state index in [0.29, 0.717) is 11.3 Å². The van der Waals surface area contributed by atoms with Crippen LogP contribution in [-0.2, 0) is 9.53 Å². The Balaban J connectivity index is 2.57. The molecule has 0 spiro atoms. The number of hydrogen-bond donors (Lipinski definition) is 1. The molecule has 2 amide bonds. The van der Waals surface area contributed by atoms with E-state index in [1.54, 1.807) is 7.05 Å². The molecule has 0 saturated heterocycles. The SMILES string of the molecule is COC(=O)C1=C(CCl)N(C)C(=O)NC1c1ccccc1. The molecule has 0 aliphatic carbocycles. The lowest BCUT2D eigenvalue weighted by Gasteiger charge is -2.33. The van der Waals surface area contributed by atoms with Crippen molar-refractivity contribution in [2.45, 2.75) is 6.04 Å². The zero-order valence-electron chi connectivity index (χ0n) is 11.2. The van der Waals surface area contributed by atoms with Gasteiger partial charge in [-0.1, -0.05) is 30.3 Å². The molecule has 1 aromatic rings. The van der Waals surface area contributed by atoms with Crippen LogP contribution in [0.4, 0.5) is 4.79 Å². The molecule has 0 aromatic heterocycles. The van der Waals surface area contributed by atoms with E-state index in [4.69, 9.17) is 16.3 Å². The maximum Gasteiger partial charge on any atom is 0.338 e. The molecule has 106 valence electrons. The number of amides is 2. The molecule has 1 atom stereocenters. The van der Waals surface area contributed by atoms with Gasteiger partial charge in [-0.3, -0.25) is 4.90 Å². The Kier molecular flexibility index (Phi) is 4.29. The Morgan fingerprint density at radius 1 is 1.40 bits per heavy atom. The standard InChI is InChI=1S/C14H15ClN2O3/c1-17-10(8-15)11(13(18)20-2)12(16-14(17)19)9-6-4-3-5-7-9/h3-7,12H,8H2,1-2H3,(H,16,19). The van der Waals surface area contributed by atoms with Gasteiger partial charge in [0.15, 0.2) is 0 Å². The molecule has 0 saturated carbocycles. The summed E-state index contributed by atoms with van der Waals surface area (Å²) < 4.78 is 4.82. The quantitative estimate of drug-likeness (QED) is 0.685. The van der Waals surface area contributed by atoms with Gasteiger partial charge in [-0.2, -0.15) is 0 Å². The predicted molar refractivity (Wildman–Crippen MR) is 75.2 cm³/mol. The van der Waals surface area contributed by atoms with Crippen molar-refractivity contribution in [3.8, 4) is 0 Å². The van der Waals surface area contributed by atoms with Gasteiger partial charge in [0.1, 0.15) is 0 Å². The van der Waals surface area contributed by atoms with Crippen LogP contribution in [0.15, 0.2) is 41.6 Å². The van der Waals surface area contributed by atoms with Crippen LogP contribution in [0, 0.1) is 0 Å². The summed E-state index contributed by atoms with van der Waals surface area (Å²) in [6.45, 7) is 0. The molecule has 1 N–H and O–H groups in total. The molecule has 1 aliphatic heterocycles. The third-order valence-corrected chi connectivity index (χ3v) is 3.49. The molecule has 0 bridgehead atoms. The number of carbonyl (C=O) groups excluding carboxylic acids is 2. The topological polar surface area (TPSA) is 58.6 Å². The van der Waals surface area contributed by atoms with Crippen molar-refractivity contribution in [2.24, 2.45) is 0 Å². The van der Waals surface area contributed by atoms with Crippen molar-refractivity contribution >= 4 is 23.6 Å². The van der Waals surface area contributed by atoms with Crippen molar-refractivity contribution in [1.29, 1.82) is 0 Å². The molecule has 20 heavy (non-hydrogen) atoms. The Labute approximate surface area is 122 Å². The average molecular weight is 295 g/mol. The van der Waals surface area contributed by atoms with E-state index in [0.717, 1.165) is 5.56 Å². The summed E-state index contributed by atoms with van der Waals surface area (Å²) in [5.41, 5.74) is 1.61. The van der Waals surface area contributed by atoms with Gasteiger partial charge in [0.2, 0.25) is 0 Å². The third-order valence-electron chi connectivity index (χ3n) is 3.24. The minimum absolute atomic E-state index is 0.0533. The summed E-state index contributed by atoms with van der Waals surface area (Å²) in [5.74, 6) is -0.445. The van der Waals surface area contributed by atoms with Crippen LogP contribution in [0.25, 0.3) is 0 Å². The van der Waals surface area contributed by atoms with Crippen LogP contribution >= 0.6 is 11.6 Å². The number of allylic oxidation sites excluding steroid dienone is 1. The molecule has 1 heterocycles. The first-order valence-electron chi connectivity index (χ1n) is 6.06. The van der Waals surface area contributed by atoms with Crippen LogP contribution < -0.4 is 5.32 Å². The van der Waals surface area contributed by atoms with Gasteiger partial charge in [-0.15, -0.1) is 11.6 Å². The Bertz CT molecular complexity index is 557. The van der Waals surface area contributed by atoms with Crippen LogP contribution in [0.1, 0.15) is 11.6 Å². The molecule has 5 nitrogen and oxygen atoms in total. The number of hydrogen-bond acceptors (Lipinski definition) is 3. The largest absolute Gasteiger partial charge is 0.466 e. The van der Waals surface area contributed by atoms with E-state index in [1.165, 1.54) is 12.0 Å². The summed E-state index contributed by atoms with van der Waals surface area (Å²) >= 11 is 5.90. The first-order valence-corrected chi connectivity index (χ1v) is 6.60. The first kappa shape index (κ1) is 14.4. The zero-order chi connectivity index (χ0) is 14.7. The third kappa shape index (κ3) is 2.49. The van der Waals surface area contributed by atoms with E-state index in [2.05, 4.69) is 5.32 Å². The van der Waals surface area contributed by atoms with Gasteiger partial charge in [0.25, 0.3) is 0 Å². The lowest BCUT2D eigenvalue weighted by molar-refractivity contribution is -0.136. The second kappa shape index (κ2) is 5.96. The fourth-order valence-corrected chi connectivity index (χ4v) is 2.49. The van der Waals surface area contributed by atoms with Gasteiger partial charge in [0, 0.05) is 12.7 Å². The molecule has 0 fully saturated rings. The number of benzene rings is 1. The summed E-state index contributed by atoms with van der Waals surface area (Å²) in [5, 5.41) is 2.78. The normalized spacial score (nSPS) is 18.9. The minimum Gasteiger partial charge on any atom is -0.466 e. The van der Waals surface area contributed by atoms with E-state index in [1.807, 2.05) is 30.3 Å². The van der Waals surface area contributed by atoms with Crippen LogP contribution in [0.3, 0.4) is 0 Å². The molecule has 6 heteroatoms. The van der Waals surface area contributed by atoms with Crippen LogP contribution in [-0.4, -0.2) is 36.9 Å². The summed E-state index contributed by atoms with van der Waals surface area (Å²) in [6, 6.07) is 8.37. The van der Waals surface area contributed by atoms with Gasteiger partial charge >= 0.3 is 12.0 Å². The number of urea groups is 1. The van der Waals surface area contributed by atoms with E-state index in [9.17, 15) is 9.59 Å². The van der Waals surface area contributed by atoms with Gasteiger partial charge < -0.3 is 10.1 Å². The average Bonchev–Trinajstić information content (AvgIpc) is 2.49. The fraction of sp³-hybridized carbons (Fsp3) is 0.286. The highest BCUT2D eigenvalue weighted by Crippen LogP contribution is 2.30. The monoisotopic (exact) mass is 294 g/mol. The van der Waals surface area contributed by atoms with E-state index < -0.39 is 12.0 Å². The number of alkyl halides is 1. The van der Waals surface area contributed by atoms with Crippen LogP contribution in [0.2, 0.25) is 0 Å². The molecule has 1 aromatic carbocycles. The fourth-order valence-electron chi connectivity index (χ4n) is 2.17. The number of halogens is 1. The molecule has 0 radical (unpaired) electrons. The Hall–Kier alpha value is -2.01. The second-order valence-electron chi connectivity index (χ2n) is 4.34. The molecule has 1 unspecified atom stereocenters. The summed E-state index contributed by atoms with van der Waals surface area (Å²) in [7, 11) is 2.87. The minimum atomic E-state index is -0.555. The van der Waals surface area contributed by atoms with Crippen molar-refractivity contribution < 1.29 is 14.3 Å². The van der Waals surface area contributed by atoms with Gasteiger partial charge in [-0.25, -0.2) is 9.59 Å². The summed E-state index contributed by atoms with van der Waals surface area (Å²) in [6.07, 6.45) is 0. The molecular formula is C14H15ClN2O3. The maximum atomic E-state index is 12.1. The van der Waals surface area contributed by atoms with E-state index in [-0.39, 0.29) is 11.9 Å². The number of ether oxygens (including phenoxy) is 1. The number of carbonyl (C=O) groups is 2. The highest BCUT2D eigenvalue weighted by molar-refractivity contribution is 6.20. The van der Waals surface area contributed by atoms with Crippen LogP contribution in [0.5, 0.6) is 0 Å². The smallest absolute Gasteiger partial charge is 0.338 e. The second-order valence-corrected chi connectivity index (χ2v) is 4.61. The number of nitrogens with one attached hydrogen (secondary N) is 1. The predicted octanol–water partition coefficient (Wildman–Crippen LogP) is 2.05. The lowest BCUT2D eigenvalue weighted by Crippen LogP contribution is -2.47. The molecular weight excluding hydrogens is 280 g/mol. The first-order chi connectivity index (χ1) is 9.60. The van der Waals surface area contributed by atoms with Crippen molar-refractivity contribution in [2.75, 3.05) is 20.0 Å². The van der Waals surface area contributed by atoms with Crippen molar-refractivity contribution in [1.82, 2.24) is 10.2 Å². The maximum absolute atomic E-state index is 12.1. The number of esters is 1. The molecule has 1 aliphatic rings. The lowest BCUT2D eigenvalue weighted by atomic mass is 9.95. The van der Waals surface area contributed by atoms with Crippen molar-refractivity contribution in [3.05, 3.63) is 47.2 Å². The zero-order valence-corrected chi connectivity index (χ0v) is 12.0. The Morgan fingerprint density at radius 2 is 2.05 bits per heavy atom. The molecule has 2 rings (SSSR count). The van der Waals surface area contributed by atoms with Gasteiger partial charge in [0.05, 0.1) is 24.6 Å². The number of nitrogens with zero attached hydrogens (tertiary/aromatic N) is 1. The summed E-state index contributed by atoms with van der Waals surface area (Å²) in [4.78, 5) is 25.4. The number of methoxy groups -OCH3 is 1. The van der Waals surface area contributed by atoms with Crippen molar-refractivity contribution in [3.63, 3.8) is 0 Å².